The molecule has 2 rings (SSSR count). The Kier molecular flexibility index (Phi) is 2.88. The van der Waals surface area contributed by atoms with Crippen LogP contribution in [0.25, 0.3) is 11.1 Å². The number of aryl methyl sites for hydroxylation is 1. The number of hydrogen-bond acceptors (Lipinski definition) is 1. The van der Waals surface area contributed by atoms with Crippen LogP contribution in [0.1, 0.15) is 11.1 Å². The minimum absolute atomic E-state index is 0.603. The highest BCUT2D eigenvalue weighted by Crippen LogP contribution is 2.32. The Labute approximate surface area is 96.9 Å². The minimum Gasteiger partial charge on any atom is -0.265 e. The monoisotopic (exact) mass is 237 g/mol. The van der Waals surface area contributed by atoms with E-state index in [2.05, 4.69) is 4.98 Å². The molecule has 0 radical (unpaired) electrons. The van der Waals surface area contributed by atoms with Crippen molar-refractivity contribution in [3.63, 3.8) is 0 Å². The molecular formula is C13H10F3N. The number of nitrogens with zero attached hydrogens (tertiary/aromatic N) is 1. The Balaban J connectivity index is 2.46. The first-order chi connectivity index (χ1) is 7.98. The molecule has 0 aliphatic heterocycles. The lowest BCUT2D eigenvalue weighted by Crippen LogP contribution is -2.05. The Bertz CT molecular complexity index is 518. The lowest BCUT2D eigenvalue weighted by molar-refractivity contribution is -0.137. The van der Waals surface area contributed by atoms with Crippen molar-refractivity contribution in [3.05, 3.63) is 53.9 Å². The molecule has 1 heterocycles. The van der Waals surface area contributed by atoms with Gasteiger partial charge in [-0.2, -0.15) is 13.2 Å². The molecule has 2 aromatic rings. The minimum atomic E-state index is -4.29. The summed E-state index contributed by atoms with van der Waals surface area (Å²) in [5.74, 6) is 0. The van der Waals surface area contributed by atoms with E-state index >= 15 is 0 Å². The summed E-state index contributed by atoms with van der Waals surface area (Å²) in [5, 5.41) is 0. The highest BCUT2D eigenvalue weighted by atomic mass is 19.4. The Hall–Kier alpha value is -1.84. The van der Waals surface area contributed by atoms with Gasteiger partial charge in [0.1, 0.15) is 0 Å². The second-order valence-corrected chi connectivity index (χ2v) is 3.76. The molecule has 0 atom stereocenters. The second kappa shape index (κ2) is 4.20. The molecular weight excluding hydrogens is 227 g/mol. The average Bonchev–Trinajstić information content (AvgIpc) is 2.29. The van der Waals surface area contributed by atoms with Gasteiger partial charge in [0.2, 0.25) is 0 Å². The van der Waals surface area contributed by atoms with Gasteiger partial charge in [-0.15, -0.1) is 0 Å². The van der Waals surface area contributed by atoms with Crippen molar-refractivity contribution in [2.45, 2.75) is 13.1 Å². The van der Waals surface area contributed by atoms with Crippen LogP contribution in [0.4, 0.5) is 13.2 Å². The molecule has 1 nitrogen and oxygen atoms in total. The van der Waals surface area contributed by atoms with Gasteiger partial charge in [0.25, 0.3) is 0 Å². The third kappa shape index (κ3) is 2.46. The van der Waals surface area contributed by atoms with Gasteiger partial charge in [-0.3, -0.25) is 4.98 Å². The van der Waals surface area contributed by atoms with Gasteiger partial charge in [-0.1, -0.05) is 6.07 Å². The van der Waals surface area contributed by atoms with Gasteiger partial charge in [-0.05, 0) is 47.9 Å². The molecule has 0 aliphatic carbocycles. The first-order valence-electron chi connectivity index (χ1n) is 5.07. The highest BCUT2D eigenvalue weighted by molar-refractivity contribution is 5.67. The summed E-state index contributed by atoms with van der Waals surface area (Å²) in [6, 6.07) is 7.30. The van der Waals surface area contributed by atoms with Gasteiger partial charge in [0, 0.05) is 12.4 Å². The molecule has 0 spiro atoms. The zero-order valence-corrected chi connectivity index (χ0v) is 9.12. The van der Waals surface area contributed by atoms with Gasteiger partial charge in [-0.25, -0.2) is 0 Å². The smallest absolute Gasteiger partial charge is 0.265 e. The van der Waals surface area contributed by atoms with Gasteiger partial charge >= 0.3 is 6.18 Å². The van der Waals surface area contributed by atoms with E-state index in [1.165, 1.54) is 6.07 Å². The third-order valence-electron chi connectivity index (χ3n) is 2.55. The number of alkyl halides is 3. The van der Waals surface area contributed by atoms with Crippen molar-refractivity contribution < 1.29 is 13.2 Å². The number of aromatic nitrogens is 1. The van der Waals surface area contributed by atoms with Gasteiger partial charge in [0.05, 0.1) is 5.56 Å². The summed E-state index contributed by atoms with van der Waals surface area (Å²) in [4.78, 5) is 3.88. The van der Waals surface area contributed by atoms with Crippen molar-refractivity contribution in [1.29, 1.82) is 0 Å². The highest BCUT2D eigenvalue weighted by Gasteiger charge is 2.30. The summed E-state index contributed by atoms with van der Waals surface area (Å²) in [6.45, 7) is 1.67. The molecule has 88 valence electrons. The summed E-state index contributed by atoms with van der Waals surface area (Å²) in [7, 11) is 0. The molecule has 0 amide bonds. The van der Waals surface area contributed by atoms with E-state index in [1.807, 2.05) is 0 Å². The van der Waals surface area contributed by atoms with Crippen LogP contribution in [-0.2, 0) is 6.18 Å². The van der Waals surface area contributed by atoms with Crippen LogP contribution in [0.5, 0.6) is 0 Å². The number of halogens is 3. The first-order valence-corrected chi connectivity index (χ1v) is 5.07. The maximum atomic E-state index is 12.5. The molecule has 0 N–H and O–H groups in total. The zero-order valence-electron chi connectivity index (χ0n) is 9.12. The summed E-state index contributed by atoms with van der Waals surface area (Å²) in [5.41, 5.74) is 1.64. The molecule has 0 aliphatic rings. The van der Waals surface area contributed by atoms with Crippen LogP contribution in [0.2, 0.25) is 0 Å². The Morgan fingerprint density at radius 3 is 2.18 bits per heavy atom. The maximum Gasteiger partial charge on any atom is 0.416 e. The van der Waals surface area contributed by atoms with Crippen LogP contribution in [0.15, 0.2) is 42.7 Å². The number of benzene rings is 1. The summed E-state index contributed by atoms with van der Waals surface area (Å²) in [6.07, 6.45) is -1.06. The van der Waals surface area contributed by atoms with E-state index < -0.39 is 11.7 Å². The maximum absolute atomic E-state index is 12.5. The molecule has 1 aromatic heterocycles. The molecule has 0 saturated carbocycles. The van der Waals surface area contributed by atoms with Crippen LogP contribution < -0.4 is 0 Å². The lowest BCUT2D eigenvalue weighted by atomic mass is 9.99. The fourth-order valence-electron chi connectivity index (χ4n) is 1.70. The predicted octanol–water partition coefficient (Wildman–Crippen LogP) is 4.08. The molecule has 0 saturated heterocycles. The summed E-state index contributed by atoms with van der Waals surface area (Å²) < 4.78 is 37.5. The SMILES string of the molecule is Cc1cc(C(F)(F)F)ccc1-c1ccncc1. The van der Waals surface area contributed by atoms with Crippen molar-refractivity contribution >= 4 is 0 Å². The van der Waals surface area contributed by atoms with Crippen molar-refractivity contribution in [2.24, 2.45) is 0 Å². The molecule has 0 unspecified atom stereocenters. The van der Waals surface area contributed by atoms with Crippen LogP contribution in [-0.4, -0.2) is 4.98 Å². The number of rotatable bonds is 1. The fourth-order valence-corrected chi connectivity index (χ4v) is 1.70. The Morgan fingerprint density at radius 2 is 1.65 bits per heavy atom. The van der Waals surface area contributed by atoms with Crippen molar-refractivity contribution in [3.8, 4) is 11.1 Å². The lowest BCUT2D eigenvalue weighted by Gasteiger charge is -2.11. The fraction of sp³-hybridized carbons (Fsp3) is 0.154. The average molecular weight is 237 g/mol. The molecule has 1 aromatic carbocycles. The van der Waals surface area contributed by atoms with Crippen LogP contribution in [0.3, 0.4) is 0 Å². The van der Waals surface area contributed by atoms with E-state index in [4.69, 9.17) is 0 Å². The largest absolute Gasteiger partial charge is 0.416 e. The van der Waals surface area contributed by atoms with Gasteiger partial charge in [0.15, 0.2) is 0 Å². The quantitative estimate of drug-likeness (QED) is 0.728. The molecule has 0 fully saturated rings. The predicted molar refractivity (Wildman–Crippen MR) is 59.4 cm³/mol. The normalized spacial score (nSPS) is 11.5. The standard InChI is InChI=1S/C13H10F3N/c1-9-8-11(13(14,15)16)2-3-12(9)10-4-6-17-7-5-10/h2-8H,1H3. The van der Waals surface area contributed by atoms with Crippen LogP contribution >= 0.6 is 0 Å². The topological polar surface area (TPSA) is 12.9 Å². The Morgan fingerprint density at radius 1 is 1.00 bits per heavy atom. The molecule has 0 bridgehead atoms. The first kappa shape index (κ1) is 11.6. The molecule has 17 heavy (non-hydrogen) atoms. The van der Waals surface area contributed by atoms with E-state index in [0.717, 1.165) is 23.3 Å². The third-order valence-corrected chi connectivity index (χ3v) is 2.55. The zero-order chi connectivity index (χ0) is 12.5. The van der Waals surface area contributed by atoms with E-state index in [1.54, 1.807) is 31.5 Å². The van der Waals surface area contributed by atoms with E-state index in [-0.39, 0.29) is 0 Å². The molecule has 4 heteroatoms. The summed E-state index contributed by atoms with van der Waals surface area (Å²) >= 11 is 0. The second-order valence-electron chi connectivity index (χ2n) is 3.76. The van der Waals surface area contributed by atoms with Crippen molar-refractivity contribution in [2.75, 3.05) is 0 Å². The van der Waals surface area contributed by atoms with Crippen molar-refractivity contribution in [1.82, 2.24) is 4.98 Å². The van der Waals surface area contributed by atoms with E-state index in [0.29, 0.717) is 5.56 Å². The van der Waals surface area contributed by atoms with Crippen LogP contribution in [0, 0.1) is 6.92 Å². The van der Waals surface area contributed by atoms with Gasteiger partial charge < -0.3 is 0 Å². The number of hydrogen-bond donors (Lipinski definition) is 0. The van der Waals surface area contributed by atoms with E-state index in [9.17, 15) is 13.2 Å². The number of pyridine rings is 1.